The lowest BCUT2D eigenvalue weighted by Gasteiger charge is -2.18. The molecule has 1 rings (SSSR count). The number of nitrogens with two attached hydrogens (primary N) is 2. The van der Waals surface area contributed by atoms with Crippen molar-refractivity contribution in [1.29, 1.82) is 0 Å². The molecule has 1 aromatic rings. The smallest absolute Gasteiger partial charge is 0.203 e. The zero-order chi connectivity index (χ0) is 31.2. The number of rotatable bonds is 31. The third kappa shape index (κ3) is 22.1. The maximum absolute atomic E-state index is 6.38. The highest BCUT2D eigenvalue weighted by Gasteiger charge is 2.16. The predicted octanol–water partition coefficient (Wildman–Crippen LogP) is 11.1. The van der Waals surface area contributed by atoms with Crippen LogP contribution in [0.15, 0.2) is 17.1 Å². The fourth-order valence-corrected chi connectivity index (χ4v) is 5.38. The van der Waals surface area contributed by atoms with Crippen LogP contribution in [0.5, 0.6) is 17.2 Å². The number of nitrogens with zero attached hydrogens (tertiary/aromatic N) is 1. The van der Waals surface area contributed by atoms with Crippen LogP contribution < -0.4 is 25.7 Å². The number of unbranched alkanes of at least 4 members (excludes halogenated alkanes) is 21. The van der Waals surface area contributed by atoms with E-state index in [1.54, 1.807) is 0 Å². The highest BCUT2D eigenvalue weighted by molar-refractivity contribution is 5.79. The normalized spacial score (nSPS) is 11.0. The largest absolute Gasteiger partial charge is 0.489 e. The summed E-state index contributed by atoms with van der Waals surface area (Å²) in [6, 6.07) is 3.77. The fourth-order valence-electron chi connectivity index (χ4n) is 5.38. The standard InChI is InChI=1S/C37H69N3O3/c1-4-7-10-13-16-19-22-25-28-41-34-31-33(40-37(38)39)32-35(42-29-26-23-20-17-14-11-8-5-2)36(34)43-30-27-24-21-18-15-12-9-6-3/h31-32H,4-30H2,1-3H3,(H4,38,39,40). The van der Waals surface area contributed by atoms with Gasteiger partial charge in [0.1, 0.15) is 0 Å². The highest BCUT2D eigenvalue weighted by Crippen LogP contribution is 2.42. The molecule has 0 unspecified atom stereocenters. The van der Waals surface area contributed by atoms with Crippen LogP contribution >= 0.6 is 0 Å². The monoisotopic (exact) mass is 604 g/mol. The molecule has 0 spiro atoms. The van der Waals surface area contributed by atoms with Crippen LogP contribution in [0.2, 0.25) is 0 Å². The summed E-state index contributed by atoms with van der Waals surface area (Å²) in [4.78, 5) is 4.32. The molecule has 0 bridgehead atoms. The van der Waals surface area contributed by atoms with E-state index in [-0.39, 0.29) is 5.96 Å². The highest BCUT2D eigenvalue weighted by atomic mass is 16.5. The molecule has 1 aromatic carbocycles. The van der Waals surface area contributed by atoms with Gasteiger partial charge in [0, 0.05) is 12.1 Å². The first kappa shape index (κ1) is 38.9. The van der Waals surface area contributed by atoms with Crippen LogP contribution in [0.25, 0.3) is 0 Å². The van der Waals surface area contributed by atoms with Crippen molar-refractivity contribution in [1.82, 2.24) is 0 Å². The van der Waals surface area contributed by atoms with Gasteiger partial charge in [0.25, 0.3) is 0 Å². The summed E-state index contributed by atoms with van der Waals surface area (Å²) in [6.07, 6.45) is 30.3. The molecular weight excluding hydrogens is 534 g/mol. The van der Waals surface area contributed by atoms with Gasteiger partial charge in [-0.05, 0) is 19.3 Å². The Bertz CT molecular complexity index is 752. The van der Waals surface area contributed by atoms with Gasteiger partial charge in [0.05, 0.1) is 25.5 Å². The minimum atomic E-state index is 0.0238. The van der Waals surface area contributed by atoms with Gasteiger partial charge >= 0.3 is 0 Å². The van der Waals surface area contributed by atoms with Crippen molar-refractivity contribution in [3.63, 3.8) is 0 Å². The van der Waals surface area contributed by atoms with Gasteiger partial charge in [0.2, 0.25) is 5.75 Å². The van der Waals surface area contributed by atoms with E-state index in [1.165, 1.54) is 135 Å². The minimum absolute atomic E-state index is 0.0238. The lowest BCUT2D eigenvalue weighted by Crippen LogP contribution is -2.21. The number of benzene rings is 1. The van der Waals surface area contributed by atoms with Crippen LogP contribution in [-0.4, -0.2) is 25.8 Å². The Balaban J connectivity index is 2.75. The van der Waals surface area contributed by atoms with Gasteiger partial charge in [-0.3, -0.25) is 0 Å². The first-order valence-corrected chi connectivity index (χ1v) is 18.3. The summed E-state index contributed by atoms with van der Waals surface area (Å²) < 4.78 is 19.0. The van der Waals surface area contributed by atoms with E-state index >= 15 is 0 Å². The Morgan fingerprint density at radius 2 is 0.767 bits per heavy atom. The summed E-state index contributed by atoms with van der Waals surface area (Å²) in [5, 5.41) is 0. The van der Waals surface area contributed by atoms with Gasteiger partial charge in [-0.25, -0.2) is 4.99 Å². The summed E-state index contributed by atoms with van der Waals surface area (Å²) in [5.41, 5.74) is 12.1. The van der Waals surface area contributed by atoms with Crippen LogP contribution in [0.4, 0.5) is 5.69 Å². The molecule has 0 amide bonds. The van der Waals surface area contributed by atoms with Gasteiger partial charge in [-0.15, -0.1) is 0 Å². The van der Waals surface area contributed by atoms with E-state index in [0.29, 0.717) is 42.8 Å². The molecule has 0 fully saturated rings. The van der Waals surface area contributed by atoms with Crippen molar-refractivity contribution < 1.29 is 14.2 Å². The molecule has 6 nitrogen and oxygen atoms in total. The average molecular weight is 604 g/mol. The molecule has 250 valence electrons. The second-order valence-electron chi connectivity index (χ2n) is 12.3. The molecule has 0 saturated carbocycles. The summed E-state index contributed by atoms with van der Waals surface area (Å²) in [6.45, 7) is 8.74. The Morgan fingerprint density at radius 1 is 0.465 bits per heavy atom. The van der Waals surface area contributed by atoms with Gasteiger partial charge in [0.15, 0.2) is 17.5 Å². The topological polar surface area (TPSA) is 92.1 Å². The van der Waals surface area contributed by atoms with E-state index in [0.717, 1.165) is 19.3 Å². The van der Waals surface area contributed by atoms with Crippen molar-refractivity contribution >= 4 is 11.6 Å². The van der Waals surface area contributed by atoms with E-state index in [4.69, 9.17) is 25.7 Å². The molecule has 0 aliphatic heterocycles. The van der Waals surface area contributed by atoms with Crippen LogP contribution in [0.1, 0.15) is 175 Å². The van der Waals surface area contributed by atoms with Crippen molar-refractivity contribution in [3.8, 4) is 17.2 Å². The Hall–Kier alpha value is -2.11. The number of hydrogen-bond acceptors (Lipinski definition) is 4. The van der Waals surface area contributed by atoms with Crippen molar-refractivity contribution in [3.05, 3.63) is 12.1 Å². The molecule has 0 heterocycles. The molecule has 0 aliphatic carbocycles. The van der Waals surface area contributed by atoms with Gasteiger partial charge in [-0.1, -0.05) is 156 Å². The second-order valence-corrected chi connectivity index (χ2v) is 12.3. The molecule has 0 atom stereocenters. The first-order chi connectivity index (χ1) is 21.1. The second kappa shape index (κ2) is 28.6. The molecule has 43 heavy (non-hydrogen) atoms. The third-order valence-electron chi connectivity index (χ3n) is 8.02. The van der Waals surface area contributed by atoms with Gasteiger partial charge in [-0.2, -0.15) is 0 Å². The minimum Gasteiger partial charge on any atom is -0.489 e. The summed E-state index contributed by atoms with van der Waals surface area (Å²) in [7, 11) is 0. The molecule has 0 aromatic heterocycles. The Kier molecular flexibility index (Phi) is 25.9. The quantitative estimate of drug-likeness (QED) is 0.0500. The molecule has 4 N–H and O–H groups in total. The van der Waals surface area contributed by atoms with Crippen molar-refractivity contribution in [2.45, 2.75) is 175 Å². The van der Waals surface area contributed by atoms with Crippen molar-refractivity contribution in [2.75, 3.05) is 19.8 Å². The maximum Gasteiger partial charge on any atom is 0.203 e. The van der Waals surface area contributed by atoms with E-state index in [9.17, 15) is 0 Å². The zero-order valence-corrected chi connectivity index (χ0v) is 28.6. The third-order valence-corrected chi connectivity index (χ3v) is 8.02. The summed E-state index contributed by atoms with van der Waals surface area (Å²) >= 11 is 0. The number of ether oxygens (including phenoxy) is 3. The SMILES string of the molecule is CCCCCCCCCCOc1cc(N=C(N)N)cc(OCCCCCCCCCC)c1OCCCCCCCCCC. The number of hydrogen-bond donors (Lipinski definition) is 2. The lowest BCUT2D eigenvalue weighted by atomic mass is 10.1. The number of aliphatic imine (C=N–C) groups is 1. The Labute approximate surface area is 266 Å². The van der Waals surface area contributed by atoms with Crippen LogP contribution in [0.3, 0.4) is 0 Å². The molecule has 6 heteroatoms. The Morgan fingerprint density at radius 3 is 1.09 bits per heavy atom. The van der Waals surface area contributed by atoms with Crippen molar-refractivity contribution in [2.24, 2.45) is 16.5 Å². The summed E-state index contributed by atoms with van der Waals surface area (Å²) in [5.74, 6) is 2.07. The van der Waals surface area contributed by atoms with E-state index in [2.05, 4.69) is 25.8 Å². The number of guanidine groups is 1. The van der Waals surface area contributed by atoms with E-state index in [1.807, 2.05) is 12.1 Å². The van der Waals surface area contributed by atoms with Crippen LogP contribution in [-0.2, 0) is 0 Å². The average Bonchev–Trinajstić information content (AvgIpc) is 2.99. The lowest BCUT2D eigenvalue weighted by molar-refractivity contribution is 0.234. The predicted molar refractivity (Wildman–Crippen MR) is 186 cm³/mol. The maximum atomic E-state index is 6.38. The van der Waals surface area contributed by atoms with Crippen LogP contribution in [0, 0.1) is 0 Å². The molecule has 0 saturated heterocycles. The zero-order valence-electron chi connectivity index (χ0n) is 28.6. The van der Waals surface area contributed by atoms with E-state index < -0.39 is 0 Å². The first-order valence-electron chi connectivity index (χ1n) is 18.3. The molecule has 0 aliphatic rings. The molecule has 0 radical (unpaired) electrons. The van der Waals surface area contributed by atoms with Gasteiger partial charge < -0.3 is 25.7 Å². The fraction of sp³-hybridized carbons (Fsp3) is 0.811. The molecular formula is C37H69N3O3.